The van der Waals surface area contributed by atoms with E-state index >= 15 is 0 Å². The Morgan fingerprint density at radius 1 is 1.09 bits per heavy atom. The summed E-state index contributed by atoms with van der Waals surface area (Å²) >= 11 is 1.46. The number of phenols is 1. The van der Waals surface area contributed by atoms with Crippen LogP contribution in [0.4, 0.5) is 0 Å². The zero-order valence-electron chi connectivity index (χ0n) is 19.2. The normalized spacial score (nSPS) is 13.3. The second-order valence-corrected chi connectivity index (χ2v) is 8.76. The lowest BCUT2D eigenvalue weighted by atomic mass is 10.0. The van der Waals surface area contributed by atoms with E-state index in [1.165, 1.54) is 30.2 Å². The van der Waals surface area contributed by atoms with Gasteiger partial charge in [0.25, 0.3) is 0 Å². The molecule has 0 saturated carbocycles. The highest BCUT2D eigenvalue weighted by Crippen LogP contribution is 2.12. The number of rotatable bonds is 14. The molecule has 190 valence electrons. The summed E-state index contributed by atoms with van der Waals surface area (Å²) in [6, 6.07) is 2.84. The Kier molecular flexibility index (Phi) is 11.0. The summed E-state index contributed by atoms with van der Waals surface area (Å²) in [5.74, 6) is -2.46. The molecule has 13 heteroatoms. The standard InChI is InChI=1S/C22H30N6O6S/c1-35-7-6-17(21(32)28-18(22(33)34)8-13-2-4-15(29)5-3-13)27-19(30)11-25-20(31)16(23)9-14-10-24-12-26-14/h2-5,10,12,16-18,29H,6-9,11,23H2,1H3,(H,24,26)(H,25,31)(H,27,30)(H,28,32)(H,33,34). The highest BCUT2D eigenvalue weighted by Gasteiger charge is 2.27. The number of hydrogen-bond donors (Lipinski definition) is 7. The molecule has 12 nitrogen and oxygen atoms in total. The van der Waals surface area contributed by atoms with E-state index in [9.17, 15) is 29.4 Å². The highest BCUT2D eigenvalue weighted by molar-refractivity contribution is 7.98. The molecule has 1 aromatic carbocycles. The van der Waals surface area contributed by atoms with Crippen LogP contribution in [0.25, 0.3) is 0 Å². The van der Waals surface area contributed by atoms with Gasteiger partial charge in [-0.1, -0.05) is 12.1 Å². The first-order valence-corrected chi connectivity index (χ1v) is 12.2. The molecule has 8 N–H and O–H groups in total. The highest BCUT2D eigenvalue weighted by atomic mass is 32.2. The van der Waals surface area contributed by atoms with Gasteiger partial charge in [0.05, 0.1) is 18.9 Å². The smallest absolute Gasteiger partial charge is 0.326 e. The van der Waals surface area contributed by atoms with Crippen LogP contribution < -0.4 is 21.7 Å². The van der Waals surface area contributed by atoms with Gasteiger partial charge in [-0.2, -0.15) is 11.8 Å². The third kappa shape index (κ3) is 9.66. The molecule has 1 heterocycles. The van der Waals surface area contributed by atoms with Crippen LogP contribution in [0.1, 0.15) is 17.7 Å². The molecule has 0 aliphatic rings. The van der Waals surface area contributed by atoms with E-state index in [1.54, 1.807) is 18.3 Å². The minimum atomic E-state index is -1.24. The van der Waals surface area contributed by atoms with Gasteiger partial charge < -0.3 is 36.9 Å². The summed E-state index contributed by atoms with van der Waals surface area (Å²) in [7, 11) is 0. The number of aromatic amines is 1. The molecule has 0 fully saturated rings. The van der Waals surface area contributed by atoms with Crippen molar-refractivity contribution in [3.8, 4) is 5.75 Å². The van der Waals surface area contributed by atoms with Gasteiger partial charge >= 0.3 is 5.97 Å². The molecule has 3 amide bonds. The molecule has 0 aliphatic heterocycles. The van der Waals surface area contributed by atoms with Crippen LogP contribution in [-0.4, -0.2) is 80.6 Å². The summed E-state index contributed by atoms with van der Waals surface area (Å²) in [5, 5.41) is 26.4. The Morgan fingerprint density at radius 2 is 1.80 bits per heavy atom. The van der Waals surface area contributed by atoms with E-state index in [0.717, 1.165) is 0 Å². The number of H-pyrrole nitrogens is 1. The molecular weight excluding hydrogens is 476 g/mol. The number of imidazole rings is 1. The van der Waals surface area contributed by atoms with E-state index in [4.69, 9.17) is 5.73 Å². The molecule has 0 spiro atoms. The number of aliphatic carboxylic acids is 1. The van der Waals surface area contributed by atoms with Gasteiger partial charge in [0, 0.05) is 24.7 Å². The number of carbonyl (C=O) groups is 4. The number of nitrogens with one attached hydrogen (secondary N) is 4. The number of nitrogens with zero attached hydrogens (tertiary/aromatic N) is 1. The van der Waals surface area contributed by atoms with Crippen molar-refractivity contribution in [1.29, 1.82) is 0 Å². The fourth-order valence-electron chi connectivity index (χ4n) is 3.11. The van der Waals surface area contributed by atoms with Crippen molar-refractivity contribution in [3.05, 3.63) is 48.0 Å². The first-order valence-electron chi connectivity index (χ1n) is 10.8. The number of carboxylic acids is 1. The zero-order chi connectivity index (χ0) is 25.8. The lowest BCUT2D eigenvalue weighted by molar-refractivity contribution is -0.142. The molecule has 3 unspecified atom stereocenters. The second kappa shape index (κ2) is 14.0. The molecule has 0 aliphatic carbocycles. The predicted molar refractivity (Wildman–Crippen MR) is 130 cm³/mol. The minimum Gasteiger partial charge on any atom is -0.508 e. The van der Waals surface area contributed by atoms with Crippen molar-refractivity contribution >= 4 is 35.5 Å². The Hall–Kier alpha value is -3.58. The van der Waals surface area contributed by atoms with Crippen LogP contribution in [-0.2, 0) is 32.0 Å². The third-order valence-corrected chi connectivity index (χ3v) is 5.65. The molecule has 2 rings (SSSR count). The molecule has 0 bridgehead atoms. The molecule has 2 aromatic rings. The molecule has 0 saturated heterocycles. The Morgan fingerprint density at radius 3 is 2.40 bits per heavy atom. The van der Waals surface area contributed by atoms with Gasteiger partial charge in [-0.3, -0.25) is 14.4 Å². The summed E-state index contributed by atoms with van der Waals surface area (Å²) in [6.07, 6.45) is 5.31. The van der Waals surface area contributed by atoms with Crippen LogP contribution in [0.15, 0.2) is 36.8 Å². The van der Waals surface area contributed by atoms with Gasteiger partial charge in [0.1, 0.15) is 17.8 Å². The average molecular weight is 507 g/mol. The fraction of sp³-hybridized carbons (Fsp3) is 0.409. The van der Waals surface area contributed by atoms with Crippen LogP contribution in [0.5, 0.6) is 5.75 Å². The van der Waals surface area contributed by atoms with E-state index in [2.05, 4.69) is 25.9 Å². The second-order valence-electron chi connectivity index (χ2n) is 7.78. The first-order chi connectivity index (χ1) is 16.7. The molecule has 0 radical (unpaired) electrons. The molecule has 1 aromatic heterocycles. The van der Waals surface area contributed by atoms with Gasteiger partial charge in [-0.05, 0) is 36.1 Å². The number of amides is 3. The van der Waals surface area contributed by atoms with Crippen molar-refractivity contribution in [1.82, 2.24) is 25.9 Å². The van der Waals surface area contributed by atoms with Crippen LogP contribution in [0.2, 0.25) is 0 Å². The summed E-state index contributed by atoms with van der Waals surface area (Å²) in [6.45, 7) is -0.394. The Balaban J connectivity index is 1.92. The van der Waals surface area contributed by atoms with Crippen LogP contribution in [0, 0.1) is 0 Å². The Labute approximate surface area is 206 Å². The van der Waals surface area contributed by atoms with E-state index < -0.39 is 48.4 Å². The summed E-state index contributed by atoms with van der Waals surface area (Å²) in [4.78, 5) is 55.8. The van der Waals surface area contributed by atoms with Crippen molar-refractivity contribution in [2.24, 2.45) is 5.73 Å². The maximum absolute atomic E-state index is 12.8. The van der Waals surface area contributed by atoms with E-state index in [1.807, 2.05) is 6.26 Å². The van der Waals surface area contributed by atoms with Gasteiger partial charge in [-0.15, -0.1) is 0 Å². The van der Waals surface area contributed by atoms with E-state index in [0.29, 0.717) is 17.0 Å². The van der Waals surface area contributed by atoms with Gasteiger partial charge in [0.2, 0.25) is 17.7 Å². The predicted octanol–water partition coefficient (Wildman–Crippen LogP) is -0.849. The van der Waals surface area contributed by atoms with Crippen LogP contribution >= 0.6 is 11.8 Å². The number of phenolic OH excluding ortho intramolecular Hbond substituents is 1. The minimum absolute atomic E-state index is 0.00513. The largest absolute Gasteiger partial charge is 0.508 e. The lowest BCUT2D eigenvalue weighted by Crippen LogP contribution is -2.54. The Bertz CT molecular complexity index is 985. The number of benzene rings is 1. The number of nitrogens with two attached hydrogens (primary N) is 1. The SMILES string of the molecule is CSCCC(NC(=O)CNC(=O)C(N)Cc1cnc[nH]1)C(=O)NC(Cc1ccc(O)cc1)C(=O)O. The number of hydrogen-bond acceptors (Lipinski definition) is 8. The molecular formula is C22H30N6O6S. The number of thioether (sulfide) groups is 1. The van der Waals surface area contributed by atoms with Crippen molar-refractivity contribution in [2.75, 3.05) is 18.6 Å². The average Bonchev–Trinajstić information content (AvgIpc) is 3.33. The maximum Gasteiger partial charge on any atom is 0.326 e. The van der Waals surface area contributed by atoms with Crippen LogP contribution in [0.3, 0.4) is 0 Å². The summed E-state index contributed by atoms with van der Waals surface area (Å²) < 4.78 is 0. The molecule has 3 atom stereocenters. The molecule has 35 heavy (non-hydrogen) atoms. The number of carboxylic acid groups (broad SMARTS) is 1. The quantitative estimate of drug-likeness (QED) is 0.170. The van der Waals surface area contributed by atoms with Gasteiger partial charge in [-0.25, -0.2) is 9.78 Å². The number of carbonyl (C=O) groups excluding carboxylic acids is 3. The van der Waals surface area contributed by atoms with E-state index in [-0.39, 0.29) is 25.0 Å². The first kappa shape index (κ1) is 27.7. The topological polar surface area (TPSA) is 200 Å². The lowest BCUT2D eigenvalue weighted by Gasteiger charge is -2.22. The van der Waals surface area contributed by atoms with Gasteiger partial charge in [0.15, 0.2) is 0 Å². The number of aromatic nitrogens is 2. The van der Waals surface area contributed by atoms with Crippen molar-refractivity contribution in [3.63, 3.8) is 0 Å². The number of aromatic hydroxyl groups is 1. The zero-order valence-corrected chi connectivity index (χ0v) is 20.0. The third-order valence-electron chi connectivity index (χ3n) is 5.01. The maximum atomic E-state index is 12.8. The summed E-state index contributed by atoms with van der Waals surface area (Å²) in [5.41, 5.74) is 7.11. The fourth-order valence-corrected chi connectivity index (χ4v) is 3.59. The van der Waals surface area contributed by atoms with Crippen molar-refractivity contribution in [2.45, 2.75) is 37.4 Å². The monoisotopic (exact) mass is 506 g/mol. The van der Waals surface area contributed by atoms with Crippen molar-refractivity contribution < 1.29 is 29.4 Å².